The number of ether oxygens (including phenoxy) is 1. The van der Waals surface area contributed by atoms with Gasteiger partial charge in [0.25, 0.3) is 0 Å². The van der Waals surface area contributed by atoms with Gasteiger partial charge >= 0.3 is 0 Å². The third-order valence-electron chi connectivity index (χ3n) is 5.32. The first-order chi connectivity index (χ1) is 12.9. The van der Waals surface area contributed by atoms with E-state index in [-0.39, 0.29) is 24.2 Å². The van der Waals surface area contributed by atoms with Crippen molar-refractivity contribution in [2.24, 2.45) is 11.7 Å². The van der Waals surface area contributed by atoms with Gasteiger partial charge in [-0.2, -0.15) is 0 Å². The molecule has 3 saturated heterocycles. The van der Waals surface area contributed by atoms with E-state index in [1.807, 2.05) is 19.1 Å². The van der Waals surface area contributed by atoms with E-state index in [2.05, 4.69) is 17.0 Å². The van der Waals surface area contributed by atoms with Gasteiger partial charge in [-0.25, -0.2) is 8.42 Å². The molecule has 3 aliphatic heterocycles. The molecule has 0 saturated carbocycles. The molecule has 27 heavy (non-hydrogen) atoms. The van der Waals surface area contributed by atoms with Crippen LogP contribution in [-0.2, 0) is 14.6 Å². The normalized spacial score (nSPS) is 22.6. The highest BCUT2D eigenvalue weighted by atomic mass is 32.2. The Morgan fingerprint density at radius 1 is 1.19 bits per heavy atom. The van der Waals surface area contributed by atoms with Crippen molar-refractivity contribution in [3.8, 4) is 5.75 Å². The lowest BCUT2D eigenvalue weighted by molar-refractivity contribution is -0.128. The summed E-state index contributed by atoms with van der Waals surface area (Å²) in [6, 6.07) is 8.27. The summed E-state index contributed by atoms with van der Waals surface area (Å²) in [6.07, 6.45) is 2.08. The second-order valence-corrected chi connectivity index (χ2v) is 9.54. The third-order valence-corrected chi connectivity index (χ3v) is 6.86. The highest BCUT2D eigenvalue weighted by Gasteiger charge is 2.37. The van der Waals surface area contributed by atoms with Crippen LogP contribution < -0.4 is 15.4 Å². The number of hydrogen-bond donors (Lipinski definition) is 1. The first kappa shape index (κ1) is 19.9. The molecule has 2 atom stereocenters. The smallest absolute Gasteiger partial charge is 0.237 e. The SMILES string of the molecule is CCOc1ccc(N2CC3CCC2CN(C(=O)CS(=O)(=O)CCN)C3)cc1. The van der Waals surface area contributed by atoms with Crippen LogP contribution in [0, 0.1) is 5.92 Å². The Balaban J connectivity index is 1.70. The molecule has 4 rings (SSSR count). The number of amides is 1. The zero-order valence-electron chi connectivity index (χ0n) is 15.8. The molecule has 1 amide bonds. The highest BCUT2D eigenvalue weighted by molar-refractivity contribution is 7.92. The van der Waals surface area contributed by atoms with Crippen molar-refractivity contribution in [3.63, 3.8) is 0 Å². The molecular formula is C19H29N3O4S. The second kappa shape index (κ2) is 8.48. The van der Waals surface area contributed by atoms with Crippen LogP contribution in [-0.4, -0.2) is 69.6 Å². The molecule has 0 aliphatic carbocycles. The molecule has 1 aromatic carbocycles. The maximum absolute atomic E-state index is 12.6. The average molecular weight is 396 g/mol. The fourth-order valence-corrected chi connectivity index (χ4v) is 5.10. The topological polar surface area (TPSA) is 92.9 Å². The summed E-state index contributed by atoms with van der Waals surface area (Å²) in [5, 5.41) is 0. The van der Waals surface area contributed by atoms with Crippen LogP contribution in [0.25, 0.3) is 0 Å². The second-order valence-electron chi connectivity index (χ2n) is 7.36. The Bertz CT molecular complexity index is 751. The van der Waals surface area contributed by atoms with Crippen LogP contribution in [0.2, 0.25) is 0 Å². The van der Waals surface area contributed by atoms with Crippen LogP contribution in [0.15, 0.2) is 24.3 Å². The number of hydrogen-bond acceptors (Lipinski definition) is 6. The van der Waals surface area contributed by atoms with E-state index in [4.69, 9.17) is 10.5 Å². The quantitative estimate of drug-likeness (QED) is 0.737. The summed E-state index contributed by atoms with van der Waals surface area (Å²) in [5.41, 5.74) is 6.46. The summed E-state index contributed by atoms with van der Waals surface area (Å²) in [4.78, 5) is 16.7. The standard InChI is InChI=1S/C19H29N3O4S/c1-2-26-18-7-5-16(6-8-18)22-12-15-3-4-17(22)13-21(11-15)19(23)14-27(24,25)10-9-20/h5-8,15,17H,2-4,9-14,20H2,1H3. The number of sulfone groups is 1. The van der Waals surface area contributed by atoms with Crippen LogP contribution in [0.3, 0.4) is 0 Å². The van der Waals surface area contributed by atoms with E-state index in [9.17, 15) is 13.2 Å². The number of benzene rings is 1. The first-order valence-corrected chi connectivity index (χ1v) is 11.4. The van der Waals surface area contributed by atoms with Gasteiger partial charge in [0.15, 0.2) is 9.84 Å². The molecule has 3 heterocycles. The van der Waals surface area contributed by atoms with Crippen molar-refractivity contribution in [2.45, 2.75) is 25.8 Å². The minimum absolute atomic E-state index is 0.0480. The van der Waals surface area contributed by atoms with Crippen molar-refractivity contribution >= 4 is 21.4 Å². The number of nitrogens with two attached hydrogens (primary N) is 1. The van der Waals surface area contributed by atoms with Crippen molar-refractivity contribution in [3.05, 3.63) is 24.3 Å². The Hall–Kier alpha value is -1.80. The summed E-state index contributed by atoms with van der Waals surface area (Å²) >= 11 is 0. The number of nitrogens with zero attached hydrogens (tertiary/aromatic N) is 2. The summed E-state index contributed by atoms with van der Waals surface area (Å²) in [5.74, 6) is 0.332. The van der Waals surface area contributed by atoms with Gasteiger partial charge in [0.05, 0.1) is 12.4 Å². The van der Waals surface area contributed by atoms with Crippen LogP contribution >= 0.6 is 0 Å². The summed E-state index contributed by atoms with van der Waals surface area (Å²) in [6.45, 7) is 4.73. The lowest BCUT2D eigenvalue weighted by Crippen LogP contribution is -2.45. The molecular weight excluding hydrogens is 366 g/mol. The minimum atomic E-state index is -3.43. The average Bonchev–Trinajstić information content (AvgIpc) is 2.94. The molecule has 2 N–H and O–H groups in total. The molecule has 0 spiro atoms. The van der Waals surface area contributed by atoms with Gasteiger partial charge in [0.2, 0.25) is 5.91 Å². The molecule has 1 aromatic rings. The molecule has 7 nitrogen and oxygen atoms in total. The maximum Gasteiger partial charge on any atom is 0.237 e. The van der Waals surface area contributed by atoms with Gasteiger partial charge in [-0.05, 0) is 49.9 Å². The number of anilines is 1. The molecule has 0 aromatic heterocycles. The number of rotatable bonds is 7. The van der Waals surface area contributed by atoms with Crippen molar-refractivity contribution in [2.75, 3.05) is 49.2 Å². The zero-order chi connectivity index (χ0) is 19.4. The van der Waals surface area contributed by atoms with Gasteiger partial charge in [-0.15, -0.1) is 0 Å². The van der Waals surface area contributed by atoms with E-state index >= 15 is 0 Å². The minimum Gasteiger partial charge on any atom is -0.494 e. The summed E-state index contributed by atoms with van der Waals surface area (Å²) < 4.78 is 29.5. The molecule has 2 unspecified atom stereocenters. The number of fused-ring (bicyclic) bond motifs is 4. The highest BCUT2D eigenvalue weighted by Crippen LogP contribution is 2.33. The number of carbonyl (C=O) groups excluding carboxylic acids is 1. The maximum atomic E-state index is 12.6. The van der Waals surface area contributed by atoms with Gasteiger partial charge in [0, 0.05) is 37.9 Å². The van der Waals surface area contributed by atoms with Gasteiger partial charge in [-0.1, -0.05) is 0 Å². The van der Waals surface area contributed by atoms with E-state index in [1.165, 1.54) is 0 Å². The molecule has 8 heteroatoms. The van der Waals surface area contributed by atoms with Crippen molar-refractivity contribution < 1.29 is 17.9 Å². The van der Waals surface area contributed by atoms with Gasteiger partial charge in [-0.3, -0.25) is 4.79 Å². The lowest BCUT2D eigenvalue weighted by Gasteiger charge is -2.38. The monoisotopic (exact) mass is 395 g/mol. The predicted octanol–water partition coefficient (Wildman–Crippen LogP) is 0.886. The predicted molar refractivity (Wildman–Crippen MR) is 106 cm³/mol. The molecule has 2 bridgehead atoms. The molecule has 3 fully saturated rings. The largest absolute Gasteiger partial charge is 0.494 e. The van der Waals surface area contributed by atoms with Gasteiger partial charge in [0.1, 0.15) is 11.5 Å². The van der Waals surface area contributed by atoms with E-state index in [0.29, 0.717) is 25.6 Å². The van der Waals surface area contributed by atoms with Gasteiger partial charge < -0.3 is 20.3 Å². The molecule has 150 valence electrons. The Kier molecular flexibility index (Phi) is 6.26. The Morgan fingerprint density at radius 3 is 2.59 bits per heavy atom. The van der Waals surface area contributed by atoms with Crippen LogP contribution in [0.4, 0.5) is 5.69 Å². The Labute approximate surface area is 161 Å². The number of piperidine rings is 1. The first-order valence-electron chi connectivity index (χ1n) is 9.59. The van der Waals surface area contributed by atoms with Crippen molar-refractivity contribution in [1.82, 2.24) is 4.90 Å². The Morgan fingerprint density at radius 2 is 1.93 bits per heavy atom. The zero-order valence-corrected chi connectivity index (χ0v) is 16.7. The third kappa shape index (κ3) is 4.93. The molecule has 3 aliphatic rings. The van der Waals surface area contributed by atoms with E-state index in [1.54, 1.807) is 4.90 Å². The fourth-order valence-electron chi connectivity index (χ4n) is 4.03. The fraction of sp³-hybridized carbons (Fsp3) is 0.632. The summed E-state index contributed by atoms with van der Waals surface area (Å²) in [7, 11) is -3.43. The molecule has 0 radical (unpaired) electrons. The number of carbonyl (C=O) groups is 1. The van der Waals surface area contributed by atoms with Crippen molar-refractivity contribution in [1.29, 1.82) is 0 Å². The van der Waals surface area contributed by atoms with E-state index in [0.717, 1.165) is 30.8 Å². The van der Waals surface area contributed by atoms with Crippen LogP contribution in [0.1, 0.15) is 19.8 Å². The van der Waals surface area contributed by atoms with E-state index < -0.39 is 15.6 Å². The lowest BCUT2D eigenvalue weighted by atomic mass is 9.94. The van der Waals surface area contributed by atoms with Crippen LogP contribution in [0.5, 0.6) is 5.75 Å².